The van der Waals surface area contributed by atoms with Crippen LogP contribution in [0.25, 0.3) is 0 Å². The summed E-state index contributed by atoms with van der Waals surface area (Å²) in [5, 5.41) is 21.0. The second kappa shape index (κ2) is 9.78. The molecule has 1 rings (SSSR count). The fraction of sp³-hybridized carbons (Fsp3) is 0.600. The van der Waals surface area contributed by atoms with Crippen LogP contribution in [0.4, 0.5) is 0 Å². The minimum atomic E-state index is -0.693. The van der Waals surface area contributed by atoms with E-state index in [0.717, 1.165) is 24.3 Å². The zero-order valence-electron chi connectivity index (χ0n) is 11.6. The lowest BCUT2D eigenvalue weighted by Gasteiger charge is -2.10. The quantitative estimate of drug-likeness (QED) is 0.565. The highest BCUT2D eigenvalue weighted by molar-refractivity contribution is 5.27. The number of unbranched alkanes of at least 4 members (excludes halogenated alkanes) is 2. The van der Waals surface area contributed by atoms with Crippen LogP contribution in [0.5, 0.6) is 5.75 Å². The molecule has 0 radical (unpaired) electrons. The van der Waals surface area contributed by atoms with Gasteiger partial charge >= 0.3 is 0 Å². The number of hydrogen-bond acceptors (Lipinski definition) is 4. The van der Waals surface area contributed by atoms with Gasteiger partial charge in [0.2, 0.25) is 0 Å². The normalized spacial score (nSPS) is 12.4. The first-order valence-electron chi connectivity index (χ1n) is 6.97. The van der Waals surface area contributed by atoms with Crippen LogP contribution in [0.1, 0.15) is 31.7 Å². The average molecular weight is 267 g/mol. The second-order valence-electron chi connectivity index (χ2n) is 4.67. The molecule has 1 atom stereocenters. The number of benzene rings is 1. The van der Waals surface area contributed by atoms with Crippen molar-refractivity contribution < 1.29 is 14.9 Å². The molecule has 1 aromatic carbocycles. The molecule has 108 valence electrons. The fourth-order valence-corrected chi connectivity index (χ4v) is 1.69. The van der Waals surface area contributed by atoms with Crippen molar-refractivity contribution in [1.29, 1.82) is 0 Å². The Morgan fingerprint density at radius 1 is 1.21 bits per heavy atom. The van der Waals surface area contributed by atoms with Gasteiger partial charge in [0.1, 0.15) is 5.75 Å². The molecule has 0 aliphatic rings. The molecule has 4 nitrogen and oxygen atoms in total. The summed E-state index contributed by atoms with van der Waals surface area (Å²) in [5.41, 5.74) is 1.13. The highest BCUT2D eigenvalue weighted by atomic mass is 16.5. The molecular formula is C15H25NO3. The van der Waals surface area contributed by atoms with E-state index < -0.39 is 6.10 Å². The first-order valence-corrected chi connectivity index (χ1v) is 6.97. The van der Waals surface area contributed by atoms with Crippen molar-refractivity contribution in [2.75, 3.05) is 19.8 Å². The van der Waals surface area contributed by atoms with Gasteiger partial charge in [-0.05, 0) is 24.1 Å². The minimum absolute atomic E-state index is 0.211. The van der Waals surface area contributed by atoms with Crippen molar-refractivity contribution in [1.82, 2.24) is 5.32 Å². The zero-order chi connectivity index (χ0) is 13.9. The summed E-state index contributed by atoms with van der Waals surface area (Å²) in [4.78, 5) is 0. The van der Waals surface area contributed by atoms with Crippen LogP contribution in [-0.4, -0.2) is 36.1 Å². The first kappa shape index (κ1) is 16.0. The number of aliphatic hydroxyl groups is 2. The van der Waals surface area contributed by atoms with Gasteiger partial charge in [-0.2, -0.15) is 0 Å². The van der Waals surface area contributed by atoms with Crippen LogP contribution in [0.15, 0.2) is 24.3 Å². The maximum atomic E-state index is 9.19. The van der Waals surface area contributed by atoms with Gasteiger partial charge in [-0.15, -0.1) is 0 Å². The maximum Gasteiger partial charge on any atom is 0.119 e. The van der Waals surface area contributed by atoms with Crippen molar-refractivity contribution in [2.45, 2.75) is 38.8 Å². The largest absolute Gasteiger partial charge is 0.494 e. The Morgan fingerprint density at radius 2 is 1.95 bits per heavy atom. The van der Waals surface area contributed by atoms with Gasteiger partial charge in [0, 0.05) is 13.1 Å². The number of ether oxygens (including phenoxy) is 1. The topological polar surface area (TPSA) is 61.7 Å². The van der Waals surface area contributed by atoms with E-state index in [4.69, 9.17) is 9.84 Å². The third-order valence-corrected chi connectivity index (χ3v) is 2.86. The molecule has 0 saturated heterocycles. The van der Waals surface area contributed by atoms with Crippen molar-refractivity contribution in [3.63, 3.8) is 0 Å². The van der Waals surface area contributed by atoms with Crippen LogP contribution >= 0.6 is 0 Å². The standard InChI is InChI=1S/C15H25NO3/c1-2-3-4-9-19-15-7-5-13(6-8-15)10-16-11-14(18)12-17/h5-8,14,16-18H,2-4,9-12H2,1H3. The summed E-state index contributed by atoms with van der Waals surface area (Å²) in [6, 6.07) is 7.94. The van der Waals surface area contributed by atoms with E-state index >= 15 is 0 Å². The fourth-order valence-electron chi connectivity index (χ4n) is 1.69. The predicted octanol–water partition coefficient (Wildman–Crippen LogP) is 1.70. The lowest BCUT2D eigenvalue weighted by atomic mass is 10.2. The number of hydrogen-bond donors (Lipinski definition) is 3. The van der Waals surface area contributed by atoms with Gasteiger partial charge in [-0.25, -0.2) is 0 Å². The van der Waals surface area contributed by atoms with E-state index in [2.05, 4.69) is 12.2 Å². The molecule has 19 heavy (non-hydrogen) atoms. The van der Waals surface area contributed by atoms with E-state index in [9.17, 15) is 5.11 Å². The summed E-state index contributed by atoms with van der Waals surface area (Å²) in [6.45, 7) is 3.81. The molecule has 1 unspecified atom stereocenters. The van der Waals surface area contributed by atoms with Crippen LogP contribution in [0.3, 0.4) is 0 Å². The van der Waals surface area contributed by atoms with Crippen molar-refractivity contribution in [3.05, 3.63) is 29.8 Å². The molecule has 0 aliphatic carbocycles. The Kier molecular flexibility index (Phi) is 8.21. The SMILES string of the molecule is CCCCCOc1ccc(CNCC(O)CO)cc1. The van der Waals surface area contributed by atoms with Crippen molar-refractivity contribution in [2.24, 2.45) is 0 Å². The molecule has 0 fully saturated rings. The molecule has 0 amide bonds. The van der Waals surface area contributed by atoms with E-state index in [1.165, 1.54) is 12.8 Å². The lowest BCUT2D eigenvalue weighted by Crippen LogP contribution is -2.28. The van der Waals surface area contributed by atoms with Gasteiger partial charge in [0.25, 0.3) is 0 Å². The molecule has 1 aromatic rings. The third-order valence-electron chi connectivity index (χ3n) is 2.86. The van der Waals surface area contributed by atoms with Gasteiger partial charge < -0.3 is 20.3 Å². The van der Waals surface area contributed by atoms with Crippen molar-refractivity contribution in [3.8, 4) is 5.75 Å². The highest BCUT2D eigenvalue weighted by Gasteiger charge is 2.01. The van der Waals surface area contributed by atoms with E-state index in [1.54, 1.807) is 0 Å². The summed E-state index contributed by atoms with van der Waals surface area (Å²) in [7, 11) is 0. The summed E-state index contributed by atoms with van der Waals surface area (Å²) in [6.07, 6.45) is 2.81. The molecule has 0 saturated carbocycles. The van der Waals surface area contributed by atoms with Gasteiger partial charge in [0.15, 0.2) is 0 Å². The summed E-state index contributed by atoms with van der Waals surface area (Å²) < 4.78 is 5.63. The number of nitrogens with one attached hydrogen (secondary N) is 1. The predicted molar refractivity (Wildman–Crippen MR) is 76.3 cm³/mol. The molecule has 4 heteroatoms. The molecule has 0 aromatic heterocycles. The lowest BCUT2D eigenvalue weighted by molar-refractivity contribution is 0.0942. The second-order valence-corrected chi connectivity index (χ2v) is 4.67. The third kappa shape index (κ3) is 7.15. The van der Waals surface area contributed by atoms with E-state index in [0.29, 0.717) is 13.1 Å². The molecule has 0 heterocycles. The average Bonchev–Trinajstić information content (AvgIpc) is 2.45. The zero-order valence-corrected chi connectivity index (χ0v) is 11.6. The Balaban J connectivity index is 2.23. The maximum absolute atomic E-state index is 9.19. The molecular weight excluding hydrogens is 242 g/mol. The Hall–Kier alpha value is -1.10. The Morgan fingerprint density at radius 3 is 2.58 bits per heavy atom. The van der Waals surface area contributed by atoms with Gasteiger partial charge in [-0.1, -0.05) is 31.9 Å². The smallest absolute Gasteiger partial charge is 0.119 e. The van der Waals surface area contributed by atoms with E-state index in [1.807, 2.05) is 24.3 Å². The summed E-state index contributed by atoms with van der Waals surface area (Å²) in [5.74, 6) is 0.898. The Bertz CT molecular complexity index is 327. The Labute approximate surface area is 115 Å². The monoisotopic (exact) mass is 267 g/mol. The summed E-state index contributed by atoms with van der Waals surface area (Å²) >= 11 is 0. The molecule has 0 bridgehead atoms. The minimum Gasteiger partial charge on any atom is -0.494 e. The van der Waals surface area contributed by atoms with E-state index in [-0.39, 0.29) is 6.61 Å². The van der Waals surface area contributed by atoms with Gasteiger partial charge in [-0.3, -0.25) is 0 Å². The first-order chi connectivity index (χ1) is 9.26. The van der Waals surface area contributed by atoms with Crippen LogP contribution in [0, 0.1) is 0 Å². The molecule has 3 N–H and O–H groups in total. The van der Waals surface area contributed by atoms with Crippen LogP contribution < -0.4 is 10.1 Å². The van der Waals surface area contributed by atoms with Crippen LogP contribution in [-0.2, 0) is 6.54 Å². The number of rotatable bonds is 10. The molecule has 0 spiro atoms. The van der Waals surface area contributed by atoms with Gasteiger partial charge in [0.05, 0.1) is 19.3 Å². The van der Waals surface area contributed by atoms with Crippen LogP contribution in [0.2, 0.25) is 0 Å². The number of aliphatic hydroxyl groups excluding tert-OH is 2. The highest BCUT2D eigenvalue weighted by Crippen LogP contribution is 2.12. The molecule has 0 aliphatic heterocycles. The van der Waals surface area contributed by atoms with Crippen molar-refractivity contribution >= 4 is 0 Å².